The normalized spacial score (nSPS) is 11.7. The van der Waals surface area contributed by atoms with Gasteiger partial charge in [0.1, 0.15) is 39.4 Å². The summed E-state index contributed by atoms with van der Waals surface area (Å²) in [5.74, 6) is -19.6. The number of carboxylic acids is 1. The molecule has 370 valence electrons. The van der Waals surface area contributed by atoms with Crippen LogP contribution in [-0.2, 0) is 38.2 Å². The zero-order valence-corrected chi connectivity index (χ0v) is 36.9. The summed E-state index contributed by atoms with van der Waals surface area (Å²) in [6.07, 6.45) is -1.62. The van der Waals surface area contributed by atoms with Crippen LogP contribution in [0.15, 0.2) is 97.1 Å². The van der Waals surface area contributed by atoms with E-state index >= 15 is 0 Å². The molecule has 5 aromatic rings. The van der Waals surface area contributed by atoms with Crippen molar-refractivity contribution in [1.29, 1.82) is 0 Å². The Morgan fingerprint density at radius 1 is 0.408 bits per heavy atom. The lowest BCUT2D eigenvalue weighted by molar-refractivity contribution is -0.138. The highest BCUT2D eigenvalue weighted by Gasteiger charge is 2.31. The first-order chi connectivity index (χ1) is 34.0. The number of amides is 6. The van der Waals surface area contributed by atoms with Crippen molar-refractivity contribution in [3.8, 4) is 28.0 Å². The van der Waals surface area contributed by atoms with Crippen LogP contribution in [0.2, 0.25) is 0 Å². The van der Waals surface area contributed by atoms with Crippen LogP contribution in [0.1, 0.15) is 34.1 Å². The first kappa shape index (κ1) is 51.5. The topological polar surface area (TPSA) is 257 Å². The molecule has 0 heterocycles. The van der Waals surface area contributed by atoms with Gasteiger partial charge in [-0.3, -0.25) is 24.0 Å². The Balaban J connectivity index is 0.000000244. The predicted molar refractivity (Wildman–Crippen MR) is 238 cm³/mol. The fourth-order valence-corrected chi connectivity index (χ4v) is 7.38. The third-order valence-corrected chi connectivity index (χ3v) is 10.6. The second-order valence-electron chi connectivity index (χ2n) is 15.2. The molecule has 0 fully saturated rings. The van der Waals surface area contributed by atoms with Gasteiger partial charge in [0, 0.05) is 11.8 Å². The summed E-state index contributed by atoms with van der Waals surface area (Å²) in [6.45, 7) is -3.41. The lowest BCUT2D eigenvalue weighted by Crippen LogP contribution is -2.43. The zero-order chi connectivity index (χ0) is 51.2. The van der Waals surface area contributed by atoms with Crippen molar-refractivity contribution in [2.75, 3.05) is 52.5 Å². The molecule has 0 bridgehead atoms. The average molecular weight is 989 g/mol. The van der Waals surface area contributed by atoms with E-state index < -0.39 is 115 Å². The SMILES string of the molecule is O=C(CNC(=O)CNC(=O)OCC1c2ccccc2-c2ccccc21)NCC(=O)Oc1c(F)c(F)c(F)c(F)c1F.O=C(O)CNC(=O)CNC(=O)CNC(=O)OCC1c2ccccc2-c2ccccc21. The lowest BCUT2D eigenvalue weighted by atomic mass is 9.98. The number of carbonyl (C=O) groups excluding carboxylic acids is 7. The Morgan fingerprint density at radius 2 is 0.704 bits per heavy atom. The van der Waals surface area contributed by atoms with Gasteiger partial charge in [-0.15, -0.1) is 0 Å². The van der Waals surface area contributed by atoms with Crippen molar-refractivity contribution >= 4 is 47.8 Å². The van der Waals surface area contributed by atoms with Gasteiger partial charge in [-0.1, -0.05) is 97.1 Å². The molecule has 2 aliphatic carbocycles. The lowest BCUT2D eigenvalue weighted by Gasteiger charge is -2.14. The van der Waals surface area contributed by atoms with Gasteiger partial charge in [0.2, 0.25) is 58.5 Å². The molecule has 7 N–H and O–H groups in total. The van der Waals surface area contributed by atoms with Crippen LogP contribution in [0.3, 0.4) is 0 Å². The summed E-state index contributed by atoms with van der Waals surface area (Å²) in [6, 6.07) is 31.3. The summed E-state index contributed by atoms with van der Waals surface area (Å²) in [5.41, 5.74) is 8.47. The first-order valence-electron chi connectivity index (χ1n) is 21.2. The van der Waals surface area contributed by atoms with Crippen LogP contribution in [0, 0.1) is 29.1 Å². The van der Waals surface area contributed by atoms with Gasteiger partial charge >= 0.3 is 24.1 Å². The second kappa shape index (κ2) is 23.9. The maximum absolute atomic E-state index is 13.6. The number of nitrogens with one attached hydrogen (secondary N) is 6. The summed E-state index contributed by atoms with van der Waals surface area (Å²) < 4.78 is 81.3. The van der Waals surface area contributed by atoms with E-state index in [1.54, 1.807) is 0 Å². The number of carbonyl (C=O) groups is 8. The molecular formula is C48H41F5N6O12. The Bertz CT molecular complexity index is 2770. The van der Waals surface area contributed by atoms with E-state index in [-0.39, 0.29) is 31.6 Å². The molecule has 0 saturated heterocycles. The molecular weight excluding hydrogens is 948 g/mol. The Hall–Kier alpha value is -8.89. The summed E-state index contributed by atoms with van der Waals surface area (Å²) >= 11 is 0. The van der Waals surface area contributed by atoms with Crippen LogP contribution in [-0.4, -0.2) is 105 Å². The number of esters is 1. The summed E-state index contributed by atoms with van der Waals surface area (Å²) in [7, 11) is 0. The summed E-state index contributed by atoms with van der Waals surface area (Å²) in [4.78, 5) is 93.0. The standard InChI is InChI=1S/C27H20F5N3O6.C21H21N3O6/c28-21-22(29)24(31)26(25(32)23(21)30)41-20(38)11-34-18(36)9-33-19(37)10-35-27(39)40-12-17-15-7-3-1-5-13(15)14-6-2-4-8-16(14)17;25-18(23-11-20(27)28)9-22-19(26)10-24-21(29)30-12-17-15-7-3-1-5-13(15)14-6-2-4-8-16(14)17/h1-8,17H,9-12H2,(H,33,37)(H,34,36)(H,35,39);1-8,17H,9-12H2,(H,22,26)(H,23,25)(H,24,29)(H,27,28). The Morgan fingerprint density at radius 3 is 1.06 bits per heavy atom. The molecule has 23 heteroatoms. The van der Waals surface area contributed by atoms with Crippen LogP contribution in [0.5, 0.6) is 5.75 Å². The average Bonchev–Trinajstić information content (AvgIpc) is 3.88. The minimum absolute atomic E-state index is 0.0188. The number of halogens is 5. The van der Waals surface area contributed by atoms with E-state index in [2.05, 4.69) is 31.3 Å². The maximum Gasteiger partial charge on any atom is 0.407 e. The van der Waals surface area contributed by atoms with E-state index in [0.717, 1.165) is 44.5 Å². The van der Waals surface area contributed by atoms with Crippen molar-refractivity contribution in [2.24, 2.45) is 0 Å². The molecule has 6 amide bonds. The Labute approximate surface area is 399 Å². The molecule has 0 spiro atoms. The number of carboxylic acid groups (broad SMARTS) is 1. The van der Waals surface area contributed by atoms with Crippen LogP contribution in [0.4, 0.5) is 31.5 Å². The number of hydrogen-bond acceptors (Lipinski definition) is 11. The van der Waals surface area contributed by atoms with Crippen LogP contribution < -0.4 is 36.6 Å². The van der Waals surface area contributed by atoms with Crippen molar-refractivity contribution in [3.63, 3.8) is 0 Å². The third-order valence-electron chi connectivity index (χ3n) is 10.6. The molecule has 71 heavy (non-hydrogen) atoms. The largest absolute Gasteiger partial charge is 0.480 e. The van der Waals surface area contributed by atoms with E-state index in [4.69, 9.17) is 14.6 Å². The molecule has 0 radical (unpaired) electrons. The van der Waals surface area contributed by atoms with E-state index in [1.165, 1.54) is 0 Å². The number of alkyl carbamates (subject to hydrolysis) is 2. The molecule has 18 nitrogen and oxygen atoms in total. The number of ether oxygens (including phenoxy) is 3. The molecule has 5 aromatic carbocycles. The number of rotatable bonds is 17. The van der Waals surface area contributed by atoms with Gasteiger partial charge in [0.05, 0.1) is 13.1 Å². The first-order valence-corrected chi connectivity index (χ1v) is 21.2. The maximum atomic E-state index is 13.6. The number of hydrogen-bond donors (Lipinski definition) is 7. The molecule has 0 aromatic heterocycles. The van der Waals surface area contributed by atoms with Crippen molar-refractivity contribution < 1.29 is 79.6 Å². The second-order valence-corrected chi connectivity index (χ2v) is 15.2. The third kappa shape index (κ3) is 13.2. The highest BCUT2D eigenvalue weighted by molar-refractivity contribution is 5.90. The van der Waals surface area contributed by atoms with Crippen molar-refractivity contribution in [1.82, 2.24) is 31.9 Å². The number of fused-ring (bicyclic) bond motifs is 6. The highest BCUT2D eigenvalue weighted by atomic mass is 19.2. The molecule has 0 aliphatic heterocycles. The zero-order valence-electron chi connectivity index (χ0n) is 36.9. The van der Waals surface area contributed by atoms with Gasteiger partial charge in [-0.05, 0) is 44.5 Å². The van der Waals surface area contributed by atoms with Crippen LogP contribution >= 0.6 is 0 Å². The highest BCUT2D eigenvalue weighted by Crippen LogP contribution is 2.45. The number of benzene rings is 5. The smallest absolute Gasteiger partial charge is 0.407 e. The fraction of sp³-hybridized carbons (Fsp3) is 0.208. The van der Waals surface area contributed by atoms with E-state index in [1.807, 2.05) is 102 Å². The minimum atomic E-state index is -2.43. The molecule has 0 unspecified atom stereocenters. The Kier molecular flexibility index (Phi) is 17.3. The van der Waals surface area contributed by atoms with Crippen molar-refractivity contribution in [2.45, 2.75) is 11.8 Å². The minimum Gasteiger partial charge on any atom is -0.480 e. The number of aliphatic carboxylic acids is 1. The van der Waals surface area contributed by atoms with Gasteiger partial charge in [0.25, 0.3) is 0 Å². The predicted octanol–water partition coefficient (Wildman–Crippen LogP) is 3.90. The van der Waals surface area contributed by atoms with Crippen LogP contribution in [0.25, 0.3) is 22.3 Å². The summed E-state index contributed by atoms with van der Waals surface area (Å²) in [5, 5.41) is 21.5. The van der Waals surface area contributed by atoms with Gasteiger partial charge in [0.15, 0.2) is 0 Å². The molecule has 2 aliphatic rings. The van der Waals surface area contributed by atoms with Gasteiger partial charge in [-0.25, -0.2) is 27.6 Å². The molecule has 7 rings (SSSR count). The van der Waals surface area contributed by atoms with E-state index in [9.17, 15) is 60.3 Å². The van der Waals surface area contributed by atoms with E-state index in [0.29, 0.717) is 0 Å². The van der Waals surface area contributed by atoms with Gasteiger partial charge < -0.3 is 51.2 Å². The molecule has 0 saturated carbocycles. The fourth-order valence-electron chi connectivity index (χ4n) is 7.38. The monoisotopic (exact) mass is 988 g/mol. The van der Waals surface area contributed by atoms with Gasteiger partial charge in [-0.2, -0.15) is 8.78 Å². The molecule has 0 atom stereocenters. The quantitative estimate of drug-likeness (QED) is 0.0230. The van der Waals surface area contributed by atoms with Crippen molar-refractivity contribution in [3.05, 3.63) is 148 Å².